The number of carbonyl (C=O) groups excluding carboxylic acids is 1. The van der Waals surface area contributed by atoms with E-state index in [1.165, 1.54) is 7.11 Å². The third-order valence-corrected chi connectivity index (χ3v) is 5.45. The van der Waals surface area contributed by atoms with Crippen molar-refractivity contribution >= 4 is 49.4 Å². The van der Waals surface area contributed by atoms with Gasteiger partial charge in [-0.25, -0.2) is 4.98 Å². The van der Waals surface area contributed by atoms with Crippen LogP contribution in [-0.4, -0.2) is 52.1 Å². The second-order valence-corrected chi connectivity index (χ2v) is 7.55. The molecule has 3 rings (SSSR count). The number of aromatic nitrogens is 2. The number of amides is 1. The number of H-pyrrole nitrogens is 1. The van der Waals surface area contributed by atoms with E-state index in [-0.39, 0.29) is 18.0 Å². The number of oxime groups is 1. The number of aliphatic hydroxyl groups excluding tert-OH is 1. The van der Waals surface area contributed by atoms with Crippen molar-refractivity contribution in [3.8, 4) is 0 Å². The van der Waals surface area contributed by atoms with E-state index >= 15 is 0 Å². The average Bonchev–Trinajstić information content (AvgIpc) is 3.21. The summed E-state index contributed by atoms with van der Waals surface area (Å²) in [5.41, 5.74) is 5.36. The number of allylic oxidation sites excluding steroid dienone is 1. The largest absolute Gasteiger partial charge is 0.495 e. The third-order valence-electron chi connectivity index (χ3n) is 4.07. The molecule has 0 fully saturated rings. The molecule has 1 spiro atoms. The lowest BCUT2D eigenvalue weighted by atomic mass is 9.87. The molecule has 1 aromatic rings. The number of halogens is 2. The topological polar surface area (TPSA) is 135 Å². The minimum atomic E-state index is -1.16. The predicted molar refractivity (Wildman–Crippen MR) is 102 cm³/mol. The van der Waals surface area contributed by atoms with E-state index in [9.17, 15) is 9.90 Å². The number of hydrogen-bond donors (Lipinski definition) is 4. The Bertz CT molecular complexity index is 819. The van der Waals surface area contributed by atoms with Gasteiger partial charge in [-0.15, -0.1) is 0 Å². The summed E-state index contributed by atoms with van der Waals surface area (Å²) >= 11 is 6.70. The Balaban J connectivity index is 1.61. The summed E-state index contributed by atoms with van der Waals surface area (Å²) in [6.45, 7) is 0.381. The van der Waals surface area contributed by atoms with E-state index in [0.717, 1.165) is 5.69 Å². The highest BCUT2D eigenvalue weighted by Crippen LogP contribution is 2.43. The SMILES string of the molecule is COC1=C(Br)C(O)C2(C=C1Br)CC(C(=O)NCCc1cnc(N)[nH]1)=NO2. The zero-order valence-electron chi connectivity index (χ0n) is 13.8. The Kier molecular flexibility index (Phi) is 5.39. The first kappa shape index (κ1) is 18.9. The van der Waals surface area contributed by atoms with E-state index in [4.69, 9.17) is 15.3 Å². The maximum absolute atomic E-state index is 12.3. The van der Waals surface area contributed by atoms with Crippen LogP contribution in [0.15, 0.2) is 32.2 Å². The van der Waals surface area contributed by atoms with Crippen LogP contribution < -0.4 is 11.1 Å². The van der Waals surface area contributed by atoms with Crippen LogP contribution in [0.4, 0.5) is 5.95 Å². The minimum absolute atomic E-state index is 0.123. The number of rotatable bonds is 5. The van der Waals surface area contributed by atoms with Gasteiger partial charge in [0.15, 0.2) is 11.5 Å². The van der Waals surface area contributed by atoms with Crippen molar-refractivity contribution in [3.63, 3.8) is 0 Å². The molecule has 2 atom stereocenters. The number of methoxy groups -OCH3 is 1. The maximum atomic E-state index is 12.3. The highest BCUT2D eigenvalue weighted by molar-refractivity contribution is 9.12. The number of carbonyl (C=O) groups is 1. The van der Waals surface area contributed by atoms with E-state index < -0.39 is 11.7 Å². The number of ether oxygens (including phenoxy) is 1. The van der Waals surface area contributed by atoms with E-state index in [2.05, 4.69) is 52.3 Å². The lowest BCUT2D eigenvalue weighted by Crippen LogP contribution is -2.45. The molecule has 5 N–H and O–H groups in total. The first-order valence-corrected chi connectivity index (χ1v) is 9.28. The molecule has 0 saturated carbocycles. The highest BCUT2D eigenvalue weighted by Gasteiger charge is 2.50. The molecule has 1 aliphatic heterocycles. The second kappa shape index (κ2) is 7.41. The van der Waals surface area contributed by atoms with Gasteiger partial charge in [-0.2, -0.15) is 0 Å². The molecule has 9 nitrogen and oxygen atoms in total. The second-order valence-electron chi connectivity index (χ2n) is 5.84. The number of aliphatic hydroxyl groups is 1. The fourth-order valence-electron chi connectivity index (χ4n) is 2.74. The van der Waals surface area contributed by atoms with E-state index in [0.29, 0.717) is 33.6 Å². The van der Waals surface area contributed by atoms with Gasteiger partial charge < -0.3 is 30.7 Å². The Morgan fingerprint density at radius 3 is 3.04 bits per heavy atom. The van der Waals surface area contributed by atoms with Gasteiger partial charge in [-0.1, -0.05) is 5.16 Å². The molecule has 1 aromatic heterocycles. The normalized spacial score (nSPS) is 25.0. The number of anilines is 1. The van der Waals surface area contributed by atoms with Crippen molar-refractivity contribution in [1.82, 2.24) is 15.3 Å². The van der Waals surface area contributed by atoms with E-state index in [1.807, 2.05) is 0 Å². The number of hydrogen-bond acceptors (Lipinski definition) is 7. The van der Waals surface area contributed by atoms with Crippen LogP contribution in [-0.2, 0) is 20.8 Å². The van der Waals surface area contributed by atoms with Crippen LogP contribution in [0, 0.1) is 0 Å². The molecule has 0 bridgehead atoms. The molecule has 2 unspecified atom stereocenters. The number of nitrogen functional groups attached to an aromatic ring is 1. The molecule has 1 amide bonds. The monoisotopic (exact) mass is 489 g/mol. The molecule has 140 valence electrons. The third kappa shape index (κ3) is 3.51. The van der Waals surface area contributed by atoms with Gasteiger partial charge >= 0.3 is 0 Å². The summed E-state index contributed by atoms with van der Waals surface area (Å²) in [7, 11) is 1.49. The Morgan fingerprint density at radius 1 is 1.62 bits per heavy atom. The van der Waals surface area contributed by atoms with Crippen LogP contribution >= 0.6 is 31.9 Å². The highest BCUT2D eigenvalue weighted by atomic mass is 79.9. The summed E-state index contributed by atoms with van der Waals surface area (Å²) in [4.78, 5) is 24.5. The van der Waals surface area contributed by atoms with Gasteiger partial charge in [0.05, 0.1) is 22.3 Å². The van der Waals surface area contributed by atoms with Crippen LogP contribution in [0.5, 0.6) is 0 Å². The van der Waals surface area contributed by atoms with Crippen molar-refractivity contribution in [2.45, 2.75) is 24.5 Å². The van der Waals surface area contributed by atoms with E-state index in [1.54, 1.807) is 12.3 Å². The number of nitrogens with two attached hydrogens (primary N) is 1. The van der Waals surface area contributed by atoms with Crippen LogP contribution in [0.25, 0.3) is 0 Å². The quantitative estimate of drug-likeness (QED) is 0.487. The molecule has 0 radical (unpaired) electrons. The molecule has 0 aromatic carbocycles. The number of aromatic amines is 1. The van der Waals surface area contributed by atoms with Crippen LogP contribution in [0.3, 0.4) is 0 Å². The first-order valence-electron chi connectivity index (χ1n) is 7.69. The van der Waals surface area contributed by atoms with Gasteiger partial charge in [-0.3, -0.25) is 4.79 Å². The van der Waals surface area contributed by atoms with Gasteiger partial charge in [0.2, 0.25) is 0 Å². The summed E-state index contributed by atoms with van der Waals surface area (Å²) < 4.78 is 6.25. The van der Waals surface area contributed by atoms with Gasteiger partial charge in [0, 0.05) is 25.1 Å². The van der Waals surface area contributed by atoms with Gasteiger partial charge in [0.1, 0.15) is 17.6 Å². The Labute approximate surface area is 166 Å². The summed E-state index contributed by atoms with van der Waals surface area (Å²) in [6, 6.07) is 0. The predicted octanol–water partition coefficient (Wildman–Crippen LogP) is 1.07. The molecule has 2 heterocycles. The number of nitrogens with one attached hydrogen (secondary N) is 2. The lowest BCUT2D eigenvalue weighted by Gasteiger charge is -2.33. The van der Waals surface area contributed by atoms with Crippen molar-refractivity contribution in [3.05, 3.63) is 32.7 Å². The minimum Gasteiger partial charge on any atom is -0.495 e. The molecule has 0 saturated heterocycles. The molecule has 2 aliphatic rings. The van der Waals surface area contributed by atoms with Crippen molar-refractivity contribution in [1.29, 1.82) is 0 Å². The smallest absolute Gasteiger partial charge is 0.269 e. The number of imidazole rings is 1. The maximum Gasteiger partial charge on any atom is 0.269 e. The van der Waals surface area contributed by atoms with Crippen LogP contribution in [0.1, 0.15) is 12.1 Å². The zero-order valence-corrected chi connectivity index (χ0v) is 16.9. The standard InChI is InChI=1S/C15H17Br2N5O4/c1-25-11-8(16)4-15(12(23)10(11)17)5-9(22-26-15)13(24)19-3-2-7-6-20-14(18)21-7/h4,6,12,23H,2-3,5H2,1H3,(H,19,24)(H3,18,20,21). The Morgan fingerprint density at radius 2 is 2.38 bits per heavy atom. The Hall–Kier alpha value is -1.85. The van der Waals surface area contributed by atoms with Crippen LogP contribution in [0.2, 0.25) is 0 Å². The van der Waals surface area contributed by atoms with Gasteiger partial charge in [0.25, 0.3) is 5.91 Å². The van der Waals surface area contributed by atoms with Crippen molar-refractivity contribution in [2.75, 3.05) is 19.4 Å². The first-order chi connectivity index (χ1) is 12.4. The lowest BCUT2D eigenvalue weighted by molar-refractivity contribution is -0.114. The average molecular weight is 491 g/mol. The number of nitrogens with zero attached hydrogens (tertiary/aromatic N) is 2. The summed E-state index contributed by atoms with van der Waals surface area (Å²) in [6.07, 6.45) is 2.89. The summed E-state index contributed by atoms with van der Waals surface area (Å²) in [5.74, 6) is 0.437. The molecule has 1 aliphatic carbocycles. The fourth-order valence-corrected chi connectivity index (χ4v) is 4.53. The van der Waals surface area contributed by atoms with Crippen molar-refractivity contribution < 1.29 is 19.5 Å². The van der Waals surface area contributed by atoms with Crippen molar-refractivity contribution in [2.24, 2.45) is 5.16 Å². The zero-order chi connectivity index (χ0) is 18.9. The molecular formula is C15H17Br2N5O4. The molecular weight excluding hydrogens is 474 g/mol. The molecule has 11 heteroatoms. The summed E-state index contributed by atoms with van der Waals surface area (Å²) in [5, 5.41) is 17.2. The molecule has 26 heavy (non-hydrogen) atoms. The van der Waals surface area contributed by atoms with Gasteiger partial charge in [-0.05, 0) is 37.9 Å². The fraction of sp³-hybridized carbons (Fsp3) is 0.400.